The summed E-state index contributed by atoms with van der Waals surface area (Å²) in [6, 6.07) is 6.97. The van der Waals surface area contributed by atoms with Gasteiger partial charge in [-0.15, -0.1) is 0 Å². The Hall–Kier alpha value is -2.91. The Bertz CT molecular complexity index is 949. The van der Waals surface area contributed by atoms with Gasteiger partial charge in [-0.2, -0.15) is 4.99 Å². The van der Waals surface area contributed by atoms with E-state index in [2.05, 4.69) is 15.6 Å². The predicted octanol–water partition coefficient (Wildman–Crippen LogP) is 3.12. The van der Waals surface area contributed by atoms with E-state index in [9.17, 15) is 18.0 Å². The van der Waals surface area contributed by atoms with E-state index in [1.54, 1.807) is 19.1 Å². The zero-order valence-corrected chi connectivity index (χ0v) is 17.8. The molecule has 6 N–H and O–H groups in total. The summed E-state index contributed by atoms with van der Waals surface area (Å²) in [5.41, 5.74) is 13.3. The van der Waals surface area contributed by atoms with Crippen LogP contribution in [0.15, 0.2) is 41.4 Å². The minimum atomic E-state index is -1.14. The van der Waals surface area contributed by atoms with E-state index in [0.717, 1.165) is 18.2 Å². The Morgan fingerprint density at radius 3 is 2.35 bits per heavy atom. The summed E-state index contributed by atoms with van der Waals surface area (Å²) in [5, 5.41) is 5.86. The average molecular weight is 435 g/mol. The van der Waals surface area contributed by atoms with E-state index in [4.69, 9.17) is 11.5 Å². The molecular weight excluding hydrogens is 407 g/mol. The van der Waals surface area contributed by atoms with Crippen molar-refractivity contribution in [3.63, 3.8) is 0 Å². The lowest BCUT2D eigenvalue weighted by Gasteiger charge is -2.22. The molecule has 2 atom stereocenters. The van der Waals surface area contributed by atoms with Gasteiger partial charge in [-0.05, 0) is 54.7 Å². The van der Waals surface area contributed by atoms with Crippen molar-refractivity contribution in [3.8, 4) is 0 Å². The molecule has 168 valence electrons. The van der Waals surface area contributed by atoms with Gasteiger partial charge in [0.25, 0.3) is 5.91 Å². The van der Waals surface area contributed by atoms with E-state index < -0.39 is 29.7 Å². The molecule has 2 unspecified atom stereocenters. The zero-order valence-electron chi connectivity index (χ0n) is 17.8. The molecule has 0 saturated heterocycles. The molecule has 0 bridgehead atoms. The molecule has 2 aromatic carbocycles. The number of aryl methyl sites for hydroxylation is 1. The van der Waals surface area contributed by atoms with Crippen LogP contribution in [0.4, 0.5) is 13.2 Å². The monoisotopic (exact) mass is 435 g/mol. The molecule has 9 heteroatoms. The first-order valence-corrected chi connectivity index (χ1v) is 9.92. The molecule has 0 aliphatic carbocycles. The van der Waals surface area contributed by atoms with Crippen LogP contribution < -0.4 is 22.1 Å². The second kappa shape index (κ2) is 10.9. The van der Waals surface area contributed by atoms with Gasteiger partial charge in [0.1, 0.15) is 5.82 Å². The number of nitrogens with one attached hydrogen (secondary N) is 2. The van der Waals surface area contributed by atoms with Crippen molar-refractivity contribution in [1.29, 1.82) is 0 Å². The van der Waals surface area contributed by atoms with Crippen LogP contribution >= 0.6 is 0 Å². The van der Waals surface area contributed by atoms with Gasteiger partial charge < -0.3 is 22.1 Å². The van der Waals surface area contributed by atoms with Gasteiger partial charge in [0.05, 0.1) is 6.17 Å². The highest BCUT2D eigenvalue weighted by molar-refractivity contribution is 6.02. The highest BCUT2D eigenvalue weighted by Gasteiger charge is 2.16. The Kier molecular flexibility index (Phi) is 8.58. The number of aliphatic imine (C=N–C) groups is 1. The maximum atomic E-state index is 13.8. The molecule has 0 heterocycles. The number of halogens is 3. The van der Waals surface area contributed by atoms with Crippen molar-refractivity contribution in [2.45, 2.75) is 39.4 Å². The fraction of sp³-hybridized carbons (Fsp3) is 0.364. The van der Waals surface area contributed by atoms with Crippen LogP contribution in [-0.4, -0.2) is 24.6 Å². The minimum Gasteiger partial charge on any atom is -0.356 e. The number of amides is 1. The SMILES string of the molecule is Cc1ccc(C(N)CC(N)N/C(=N\C(=O)c2ccc(F)c(F)c2)NCC(C)C)cc1F. The molecule has 0 aromatic heterocycles. The van der Waals surface area contributed by atoms with E-state index >= 15 is 0 Å². The van der Waals surface area contributed by atoms with Crippen molar-refractivity contribution in [1.82, 2.24) is 10.6 Å². The van der Waals surface area contributed by atoms with Gasteiger partial charge in [0.15, 0.2) is 11.6 Å². The number of nitrogens with two attached hydrogens (primary N) is 2. The molecule has 0 aliphatic rings. The molecule has 2 aromatic rings. The number of nitrogens with zero attached hydrogens (tertiary/aromatic N) is 1. The third-order valence-corrected chi connectivity index (χ3v) is 4.51. The number of hydrogen-bond acceptors (Lipinski definition) is 3. The van der Waals surface area contributed by atoms with Gasteiger partial charge in [0.2, 0.25) is 5.96 Å². The molecule has 2 rings (SSSR count). The zero-order chi connectivity index (χ0) is 23.1. The topological polar surface area (TPSA) is 106 Å². The smallest absolute Gasteiger partial charge is 0.280 e. The normalized spacial score (nSPS) is 13.8. The van der Waals surface area contributed by atoms with Crippen molar-refractivity contribution in [2.75, 3.05) is 6.54 Å². The second-order valence-electron chi connectivity index (χ2n) is 7.77. The number of rotatable bonds is 7. The predicted molar refractivity (Wildman–Crippen MR) is 115 cm³/mol. The first-order valence-electron chi connectivity index (χ1n) is 9.92. The van der Waals surface area contributed by atoms with Crippen LogP contribution in [-0.2, 0) is 0 Å². The first kappa shape index (κ1) is 24.4. The summed E-state index contributed by atoms with van der Waals surface area (Å²) in [4.78, 5) is 16.3. The Labute approximate surface area is 179 Å². The van der Waals surface area contributed by atoms with Gasteiger partial charge >= 0.3 is 0 Å². The maximum Gasteiger partial charge on any atom is 0.280 e. The summed E-state index contributed by atoms with van der Waals surface area (Å²) in [6.07, 6.45) is -0.486. The highest BCUT2D eigenvalue weighted by atomic mass is 19.2. The van der Waals surface area contributed by atoms with Gasteiger partial charge in [-0.1, -0.05) is 26.0 Å². The summed E-state index contributed by atoms with van der Waals surface area (Å²) >= 11 is 0. The largest absolute Gasteiger partial charge is 0.356 e. The molecule has 0 radical (unpaired) electrons. The number of hydrogen-bond donors (Lipinski definition) is 4. The first-order chi connectivity index (χ1) is 14.6. The summed E-state index contributed by atoms with van der Waals surface area (Å²) in [5.74, 6) is -3.00. The number of guanidine groups is 1. The summed E-state index contributed by atoms with van der Waals surface area (Å²) in [7, 11) is 0. The molecule has 0 saturated carbocycles. The molecule has 31 heavy (non-hydrogen) atoms. The molecule has 6 nitrogen and oxygen atoms in total. The fourth-order valence-electron chi connectivity index (χ4n) is 2.70. The lowest BCUT2D eigenvalue weighted by molar-refractivity contribution is 0.100. The lowest BCUT2D eigenvalue weighted by Crippen LogP contribution is -2.49. The third-order valence-electron chi connectivity index (χ3n) is 4.51. The van der Waals surface area contributed by atoms with Gasteiger partial charge in [0, 0.05) is 18.2 Å². The van der Waals surface area contributed by atoms with Crippen molar-refractivity contribution in [2.24, 2.45) is 22.4 Å². The minimum absolute atomic E-state index is 0.0817. The van der Waals surface area contributed by atoms with Crippen LogP contribution in [0, 0.1) is 30.3 Å². The Balaban J connectivity index is 2.12. The van der Waals surface area contributed by atoms with Crippen LogP contribution in [0.2, 0.25) is 0 Å². The van der Waals surface area contributed by atoms with Crippen molar-refractivity contribution in [3.05, 3.63) is 70.5 Å². The number of carbonyl (C=O) groups is 1. The molecule has 0 aliphatic heterocycles. The van der Waals surface area contributed by atoms with Crippen LogP contribution in [0.25, 0.3) is 0 Å². The molecular formula is C22H28F3N5O. The van der Waals surface area contributed by atoms with E-state index in [1.807, 2.05) is 13.8 Å². The number of carbonyl (C=O) groups excluding carboxylic acids is 1. The average Bonchev–Trinajstić information content (AvgIpc) is 2.69. The quantitative estimate of drug-likeness (QED) is 0.304. The standard InChI is InChI=1S/C22H28F3N5O/c1-12(2)11-28-22(30-21(31)15-6-7-16(23)18(25)9-15)29-20(27)10-19(26)14-5-4-13(3)17(24)8-14/h4-9,12,19-20H,10-11,26-27H2,1-3H3,(H2,28,29,30,31). The van der Waals surface area contributed by atoms with Gasteiger partial charge in [-0.25, -0.2) is 13.2 Å². The van der Waals surface area contributed by atoms with Crippen LogP contribution in [0.3, 0.4) is 0 Å². The maximum absolute atomic E-state index is 13.8. The van der Waals surface area contributed by atoms with E-state index in [1.165, 1.54) is 6.07 Å². The lowest BCUT2D eigenvalue weighted by atomic mass is 10.0. The summed E-state index contributed by atoms with van der Waals surface area (Å²) in [6.45, 7) is 6.07. The molecule has 1 amide bonds. The fourth-order valence-corrected chi connectivity index (χ4v) is 2.70. The highest BCUT2D eigenvalue weighted by Crippen LogP contribution is 2.18. The van der Waals surface area contributed by atoms with E-state index in [0.29, 0.717) is 17.7 Å². The molecule has 0 fully saturated rings. The van der Waals surface area contributed by atoms with E-state index in [-0.39, 0.29) is 29.7 Å². The van der Waals surface area contributed by atoms with Gasteiger partial charge in [-0.3, -0.25) is 4.79 Å². The second-order valence-corrected chi connectivity index (χ2v) is 7.77. The Morgan fingerprint density at radius 2 is 1.74 bits per heavy atom. The molecule has 0 spiro atoms. The third kappa shape index (κ3) is 7.37. The Morgan fingerprint density at radius 1 is 1.03 bits per heavy atom. The summed E-state index contributed by atoms with van der Waals surface area (Å²) < 4.78 is 40.3. The van der Waals surface area contributed by atoms with Crippen LogP contribution in [0.1, 0.15) is 47.8 Å². The number of benzene rings is 2. The van der Waals surface area contributed by atoms with Crippen molar-refractivity contribution < 1.29 is 18.0 Å². The van der Waals surface area contributed by atoms with Crippen LogP contribution in [0.5, 0.6) is 0 Å². The van der Waals surface area contributed by atoms with Crippen molar-refractivity contribution >= 4 is 11.9 Å².